The van der Waals surface area contributed by atoms with Crippen LogP contribution in [0.15, 0.2) is 24.3 Å². The van der Waals surface area contributed by atoms with Gasteiger partial charge in [-0.1, -0.05) is 38.0 Å². The lowest BCUT2D eigenvalue weighted by Crippen LogP contribution is -2.30. The molecule has 1 saturated carbocycles. The number of likely N-dealkylation sites (N-methyl/N-ethyl adjacent to an activating group) is 1. The van der Waals surface area contributed by atoms with Crippen molar-refractivity contribution < 1.29 is 14.3 Å². The Morgan fingerprint density at radius 2 is 1.91 bits per heavy atom. The number of amides is 2. The molecule has 1 fully saturated rings. The first-order valence-corrected chi connectivity index (χ1v) is 8.30. The highest BCUT2D eigenvalue weighted by Gasteiger charge is 2.22. The molecule has 1 aromatic carbocycles. The lowest BCUT2D eigenvalue weighted by molar-refractivity contribution is -0.124. The van der Waals surface area contributed by atoms with Gasteiger partial charge in [0.15, 0.2) is 0 Å². The van der Waals surface area contributed by atoms with E-state index in [9.17, 15) is 9.59 Å². The van der Waals surface area contributed by atoms with Crippen molar-refractivity contribution in [2.24, 2.45) is 5.92 Å². The molecule has 0 aliphatic heterocycles. The van der Waals surface area contributed by atoms with Crippen molar-refractivity contribution in [1.29, 1.82) is 0 Å². The molecule has 2 rings (SSSR count). The molecule has 126 valence electrons. The van der Waals surface area contributed by atoms with E-state index in [1.165, 1.54) is 19.3 Å². The summed E-state index contributed by atoms with van der Waals surface area (Å²) in [4.78, 5) is 23.7. The Balaban J connectivity index is 1.88. The van der Waals surface area contributed by atoms with Gasteiger partial charge in [0.05, 0.1) is 12.5 Å². The Morgan fingerprint density at radius 3 is 2.65 bits per heavy atom. The van der Waals surface area contributed by atoms with Crippen LogP contribution in [-0.2, 0) is 20.7 Å². The average molecular weight is 318 g/mol. The number of rotatable bonds is 6. The second kappa shape index (κ2) is 8.67. The molecule has 0 bridgehead atoms. The standard InChI is InChI=1S/C18H26N2O3/c1-13-7-3-6-10-16(13)23-12-18(22)20-15-9-5-4-8-14(15)11-17(21)19-2/h4-5,8-9,13,16H,3,6-7,10-12H2,1-2H3,(H,19,21)(H,20,22). The summed E-state index contributed by atoms with van der Waals surface area (Å²) in [6.45, 7) is 2.24. The number of carbonyl (C=O) groups excluding carboxylic acids is 2. The van der Waals surface area contributed by atoms with E-state index >= 15 is 0 Å². The number of hydrogen-bond donors (Lipinski definition) is 2. The predicted molar refractivity (Wildman–Crippen MR) is 90.2 cm³/mol. The van der Waals surface area contributed by atoms with E-state index in [1.807, 2.05) is 18.2 Å². The average Bonchev–Trinajstić information content (AvgIpc) is 2.56. The van der Waals surface area contributed by atoms with Crippen molar-refractivity contribution in [3.63, 3.8) is 0 Å². The molecule has 5 nitrogen and oxygen atoms in total. The van der Waals surface area contributed by atoms with E-state index in [0.717, 1.165) is 12.0 Å². The van der Waals surface area contributed by atoms with Gasteiger partial charge < -0.3 is 15.4 Å². The number of ether oxygens (including phenoxy) is 1. The zero-order chi connectivity index (χ0) is 16.7. The van der Waals surface area contributed by atoms with Crippen LogP contribution in [0.1, 0.15) is 38.2 Å². The van der Waals surface area contributed by atoms with Crippen LogP contribution in [0.3, 0.4) is 0 Å². The van der Waals surface area contributed by atoms with Gasteiger partial charge in [-0.25, -0.2) is 0 Å². The first kappa shape index (κ1) is 17.5. The summed E-state index contributed by atoms with van der Waals surface area (Å²) in [5, 5.41) is 5.44. The fraction of sp³-hybridized carbons (Fsp3) is 0.556. The second-order valence-corrected chi connectivity index (χ2v) is 6.17. The quantitative estimate of drug-likeness (QED) is 0.847. The van der Waals surface area contributed by atoms with E-state index in [1.54, 1.807) is 13.1 Å². The summed E-state index contributed by atoms with van der Waals surface area (Å²) in [6.07, 6.45) is 5.04. The number of anilines is 1. The van der Waals surface area contributed by atoms with E-state index in [4.69, 9.17) is 4.74 Å². The van der Waals surface area contributed by atoms with Crippen LogP contribution in [0.2, 0.25) is 0 Å². The minimum absolute atomic E-state index is 0.0588. The fourth-order valence-corrected chi connectivity index (χ4v) is 2.96. The minimum Gasteiger partial charge on any atom is -0.368 e. The van der Waals surface area contributed by atoms with Gasteiger partial charge >= 0.3 is 0 Å². The lowest BCUT2D eigenvalue weighted by atomic mass is 9.88. The van der Waals surface area contributed by atoms with Crippen LogP contribution in [0, 0.1) is 5.92 Å². The maximum absolute atomic E-state index is 12.1. The number of nitrogens with one attached hydrogen (secondary N) is 2. The van der Waals surface area contributed by atoms with Gasteiger partial charge in [0.25, 0.3) is 0 Å². The maximum Gasteiger partial charge on any atom is 0.250 e. The summed E-state index contributed by atoms with van der Waals surface area (Å²) < 4.78 is 5.78. The molecule has 0 heterocycles. The van der Waals surface area contributed by atoms with Crippen molar-refractivity contribution >= 4 is 17.5 Å². The normalized spacial score (nSPS) is 20.8. The monoisotopic (exact) mass is 318 g/mol. The Labute approximate surface area is 137 Å². The second-order valence-electron chi connectivity index (χ2n) is 6.17. The zero-order valence-electron chi connectivity index (χ0n) is 13.9. The minimum atomic E-state index is -0.174. The summed E-state index contributed by atoms with van der Waals surface area (Å²) in [7, 11) is 1.60. The molecule has 0 aromatic heterocycles. The van der Waals surface area contributed by atoms with Crippen LogP contribution < -0.4 is 10.6 Å². The Morgan fingerprint density at radius 1 is 1.17 bits per heavy atom. The molecule has 2 amide bonds. The Kier molecular flexibility index (Phi) is 6.59. The van der Waals surface area contributed by atoms with E-state index < -0.39 is 0 Å². The highest BCUT2D eigenvalue weighted by molar-refractivity contribution is 5.93. The molecule has 1 aliphatic rings. The Bertz CT molecular complexity index is 545. The molecular formula is C18H26N2O3. The molecule has 0 saturated heterocycles. The number of hydrogen-bond acceptors (Lipinski definition) is 3. The number of para-hydroxylation sites is 1. The molecule has 0 spiro atoms. The summed E-state index contributed by atoms with van der Waals surface area (Å²) in [5.41, 5.74) is 1.47. The van der Waals surface area contributed by atoms with Crippen molar-refractivity contribution in [2.75, 3.05) is 19.0 Å². The van der Waals surface area contributed by atoms with E-state index in [0.29, 0.717) is 11.6 Å². The van der Waals surface area contributed by atoms with Gasteiger partial charge in [-0.15, -0.1) is 0 Å². The highest BCUT2D eigenvalue weighted by atomic mass is 16.5. The summed E-state index contributed by atoms with van der Waals surface area (Å²) in [6, 6.07) is 7.34. The predicted octanol–water partition coefficient (Wildman–Crippen LogP) is 2.51. The van der Waals surface area contributed by atoms with Crippen molar-refractivity contribution in [3.8, 4) is 0 Å². The number of carbonyl (C=O) groups is 2. The molecule has 2 atom stereocenters. The molecule has 5 heteroatoms. The third-order valence-corrected chi connectivity index (χ3v) is 4.38. The first-order chi connectivity index (χ1) is 11.1. The van der Waals surface area contributed by atoms with Crippen molar-refractivity contribution in [3.05, 3.63) is 29.8 Å². The molecule has 1 aliphatic carbocycles. The zero-order valence-corrected chi connectivity index (χ0v) is 13.9. The van der Waals surface area contributed by atoms with Gasteiger partial charge in [-0.3, -0.25) is 9.59 Å². The smallest absolute Gasteiger partial charge is 0.250 e. The lowest BCUT2D eigenvalue weighted by Gasteiger charge is -2.28. The molecule has 0 radical (unpaired) electrons. The van der Waals surface area contributed by atoms with Crippen LogP contribution in [-0.4, -0.2) is 31.6 Å². The molecule has 2 N–H and O–H groups in total. The van der Waals surface area contributed by atoms with Gasteiger partial charge in [0.2, 0.25) is 11.8 Å². The van der Waals surface area contributed by atoms with Gasteiger partial charge in [-0.2, -0.15) is 0 Å². The van der Waals surface area contributed by atoms with Crippen molar-refractivity contribution in [2.45, 2.75) is 45.1 Å². The van der Waals surface area contributed by atoms with Crippen molar-refractivity contribution in [1.82, 2.24) is 5.32 Å². The largest absolute Gasteiger partial charge is 0.368 e. The Hall–Kier alpha value is -1.88. The molecule has 2 unspecified atom stereocenters. The first-order valence-electron chi connectivity index (χ1n) is 8.30. The molecular weight excluding hydrogens is 292 g/mol. The van der Waals surface area contributed by atoms with E-state index in [-0.39, 0.29) is 30.9 Å². The summed E-state index contributed by atoms with van der Waals surface area (Å²) in [5.74, 6) is 0.253. The topological polar surface area (TPSA) is 67.4 Å². The third kappa shape index (κ3) is 5.36. The van der Waals surface area contributed by atoms with Crippen LogP contribution >= 0.6 is 0 Å². The van der Waals surface area contributed by atoms with Crippen LogP contribution in [0.5, 0.6) is 0 Å². The molecule has 23 heavy (non-hydrogen) atoms. The highest BCUT2D eigenvalue weighted by Crippen LogP contribution is 2.26. The fourth-order valence-electron chi connectivity index (χ4n) is 2.96. The van der Waals surface area contributed by atoms with Gasteiger partial charge in [0.1, 0.15) is 6.61 Å². The van der Waals surface area contributed by atoms with Crippen LogP contribution in [0.25, 0.3) is 0 Å². The summed E-state index contributed by atoms with van der Waals surface area (Å²) >= 11 is 0. The molecule has 1 aromatic rings. The van der Waals surface area contributed by atoms with Gasteiger partial charge in [0, 0.05) is 12.7 Å². The SMILES string of the molecule is CNC(=O)Cc1ccccc1NC(=O)COC1CCCCC1C. The van der Waals surface area contributed by atoms with Gasteiger partial charge in [-0.05, 0) is 30.4 Å². The number of benzene rings is 1. The van der Waals surface area contributed by atoms with E-state index in [2.05, 4.69) is 17.6 Å². The van der Waals surface area contributed by atoms with Crippen LogP contribution in [0.4, 0.5) is 5.69 Å². The maximum atomic E-state index is 12.1. The third-order valence-electron chi connectivity index (χ3n) is 4.38.